The molecular formula is C28H36N2O5. The number of nitrogens with zero attached hydrogens (tertiary/aromatic N) is 2. The fourth-order valence-corrected chi connectivity index (χ4v) is 4.10. The van der Waals surface area contributed by atoms with Gasteiger partial charge in [-0.2, -0.15) is 0 Å². The number of carbonyl (C=O) groups is 1. The van der Waals surface area contributed by atoms with Crippen molar-refractivity contribution < 1.29 is 19.4 Å². The Bertz CT molecular complexity index is 1270. The summed E-state index contributed by atoms with van der Waals surface area (Å²) in [5.74, 6) is 0.777. The number of aryl methyl sites for hydroxylation is 2. The lowest BCUT2D eigenvalue weighted by molar-refractivity contribution is 0.0848. The number of carboxylic acid groups (broad SMARTS) is 1. The van der Waals surface area contributed by atoms with Crippen molar-refractivity contribution in [2.75, 3.05) is 6.61 Å². The first-order chi connectivity index (χ1) is 16.9. The number of ether oxygens (including phenoxy) is 2. The molecule has 188 valence electrons. The van der Waals surface area contributed by atoms with Crippen molar-refractivity contribution in [2.45, 2.75) is 68.0 Å². The van der Waals surface area contributed by atoms with E-state index < -0.39 is 6.16 Å². The van der Waals surface area contributed by atoms with Crippen molar-refractivity contribution >= 4 is 17.1 Å². The van der Waals surface area contributed by atoms with Crippen LogP contribution in [0.4, 0.5) is 4.79 Å². The zero-order chi connectivity index (χ0) is 26.1. The third kappa shape index (κ3) is 5.73. The summed E-state index contributed by atoms with van der Waals surface area (Å²) in [5, 5.41) is 9.82. The minimum absolute atomic E-state index is 0.240. The van der Waals surface area contributed by atoms with Crippen LogP contribution in [-0.4, -0.2) is 27.4 Å². The second-order valence-corrected chi connectivity index (χ2v) is 7.47. The van der Waals surface area contributed by atoms with Gasteiger partial charge >= 0.3 is 6.16 Å². The summed E-state index contributed by atoms with van der Waals surface area (Å²) in [6.07, 6.45) is 3.28. The molecule has 0 spiro atoms. The lowest BCUT2D eigenvalue weighted by Crippen LogP contribution is -2.25. The van der Waals surface area contributed by atoms with Gasteiger partial charge in [-0.1, -0.05) is 46.8 Å². The molecular weight excluding hydrogens is 444 g/mol. The number of hydrogen-bond donors (Lipinski definition) is 1. The van der Waals surface area contributed by atoms with Gasteiger partial charge < -0.3 is 19.1 Å². The van der Waals surface area contributed by atoms with E-state index in [1.165, 1.54) is 0 Å². The molecule has 0 bridgehead atoms. The first-order valence-corrected chi connectivity index (χ1v) is 12.2. The van der Waals surface area contributed by atoms with Gasteiger partial charge in [0.25, 0.3) is 5.56 Å². The highest BCUT2D eigenvalue weighted by molar-refractivity contribution is 5.89. The molecule has 0 unspecified atom stereocenters. The monoisotopic (exact) mass is 480 g/mol. The zero-order valence-electron chi connectivity index (χ0n) is 21.8. The van der Waals surface area contributed by atoms with Gasteiger partial charge in [0.15, 0.2) is 0 Å². The molecule has 0 saturated carbocycles. The fourth-order valence-electron chi connectivity index (χ4n) is 4.10. The Hall–Kier alpha value is -3.61. The maximum atomic E-state index is 13.1. The lowest BCUT2D eigenvalue weighted by Gasteiger charge is -2.12. The summed E-state index contributed by atoms with van der Waals surface area (Å²) < 4.78 is 12.1. The number of pyridine rings is 2. The van der Waals surface area contributed by atoms with Crippen LogP contribution in [-0.2, 0) is 24.3 Å². The number of benzene rings is 1. The Morgan fingerprint density at radius 1 is 1.17 bits per heavy atom. The molecule has 2 aromatic heterocycles. The molecule has 1 aromatic carbocycles. The zero-order valence-corrected chi connectivity index (χ0v) is 21.8. The minimum Gasteiger partial charge on any atom is -0.490 e. The standard InChI is InChI=1S/C24H24N2O5.2C2H6/c1-4-6-9-30-15-7-8-20-17(11-15)16(5-2)18-12-26-21(22(18)25-20)10-14(3)19(23(26)27)13-31-24(28)29;2*1-2/h4,6-8,10-11H,5,9,12-13H2,1-3H3,(H,28,29);2*1-2H3/b6-4-;;. The summed E-state index contributed by atoms with van der Waals surface area (Å²) in [5.41, 5.74) is 5.37. The topological polar surface area (TPSA) is 90.7 Å². The summed E-state index contributed by atoms with van der Waals surface area (Å²) in [4.78, 5) is 28.7. The van der Waals surface area contributed by atoms with Crippen molar-refractivity contribution in [2.24, 2.45) is 0 Å². The number of aromatic nitrogens is 2. The fraction of sp³-hybridized carbons (Fsp3) is 0.393. The molecule has 35 heavy (non-hydrogen) atoms. The van der Waals surface area contributed by atoms with Gasteiger partial charge in [0.2, 0.25) is 0 Å². The maximum Gasteiger partial charge on any atom is 0.506 e. The second kappa shape index (κ2) is 12.7. The normalized spacial score (nSPS) is 11.2. The van der Waals surface area contributed by atoms with Crippen LogP contribution in [0, 0.1) is 6.92 Å². The van der Waals surface area contributed by atoms with Gasteiger partial charge in [-0.3, -0.25) is 4.79 Å². The molecule has 0 radical (unpaired) electrons. The average Bonchev–Trinajstić information content (AvgIpc) is 3.23. The highest BCUT2D eigenvalue weighted by atomic mass is 16.7. The largest absolute Gasteiger partial charge is 0.506 e. The lowest BCUT2D eigenvalue weighted by atomic mass is 9.98. The molecule has 0 saturated heterocycles. The predicted octanol–water partition coefficient (Wildman–Crippen LogP) is 6.50. The van der Waals surface area contributed by atoms with E-state index in [1.54, 1.807) is 11.5 Å². The molecule has 7 heteroatoms. The van der Waals surface area contributed by atoms with E-state index >= 15 is 0 Å². The van der Waals surface area contributed by atoms with Crippen LogP contribution in [0.3, 0.4) is 0 Å². The summed E-state index contributed by atoms with van der Waals surface area (Å²) in [6, 6.07) is 7.75. The first-order valence-electron chi connectivity index (χ1n) is 12.2. The summed E-state index contributed by atoms with van der Waals surface area (Å²) in [6.45, 7) is 14.5. The molecule has 1 aliphatic rings. The van der Waals surface area contributed by atoms with Crippen LogP contribution in [0.25, 0.3) is 22.3 Å². The molecule has 7 nitrogen and oxygen atoms in total. The van der Waals surface area contributed by atoms with Gasteiger partial charge in [-0.05, 0) is 55.7 Å². The van der Waals surface area contributed by atoms with Crippen LogP contribution < -0.4 is 10.3 Å². The Labute approximate surface area is 207 Å². The smallest absolute Gasteiger partial charge is 0.490 e. The Kier molecular flexibility index (Phi) is 10.1. The quantitative estimate of drug-likeness (QED) is 0.250. The van der Waals surface area contributed by atoms with Gasteiger partial charge in [-0.25, -0.2) is 9.78 Å². The Balaban J connectivity index is 0.00000103. The molecule has 0 atom stereocenters. The van der Waals surface area contributed by atoms with E-state index in [1.807, 2.05) is 71.0 Å². The molecule has 0 fully saturated rings. The minimum atomic E-state index is -1.40. The molecule has 0 aliphatic carbocycles. The highest BCUT2D eigenvalue weighted by Gasteiger charge is 2.27. The van der Waals surface area contributed by atoms with Crippen molar-refractivity contribution in [3.05, 3.63) is 69.0 Å². The number of hydrogen-bond acceptors (Lipinski definition) is 5. The third-order valence-corrected chi connectivity index (χ3v) is 5.63. The van der Waals surface area contributed by atoms with Gasteiger partial charge in [-0.15, -0.1) is 0 Å². The van der Waals surface area contributed by atoms with Crippen LogP contribution >= 0.6 is 0 Å². The van der Waals surface area contributed by atoms with E-state index in [9.17, 15) is 9.59 Å². The van der Waals surface area contributed by atoms with E-state index in [-0.39, 0.29) is 12.2 Å². The third-order valence-electron chi connectivity index (χ3n) is 5.63. The molecule has 3 aromatic rings. The highest BCUT2D eigenvalue weighted by Crippen LogP contribution is 2.37. The molecule has 3 heterocycles. The first kappa shape index (κ1) is 27.6. The summed E-state index contributed by atoms with van der Waals surface area (Å²) in [7, 11) is 0. The average molecular weight is 481 g/mol. The molecule has 4 rings (SSSR count). The Morgan fingerprint density at radius 2 is 1.89 bits per heavy atom. The van der Waals surface area contributed by atoms with Crippen LogP contribution in [0.2, 0.25) is 0 Å². The van der Waals surface area contributed by atoms with Gasteiger partial charge in [0.05, 0.1) is 29.0 Å². The van der Waals surface area contributed by atoms with Gasteiger partial charge in [0.1, 0.15) is 19.0 Å². The predicted molar refractivity (Wildman–Crippen MR) is 140 cm³/mol. The number of rotatable bonds is 6. The molecule has 1 aliphatic heterocycles. The van der Waals surface area contributed by atoms with Crippen LogP contribution in [0.15, 0.2) is 41.2 Å². The van der Waals surface area contributed by atoms with E-state index in [0.717, 1.165) is 45.6 Å². The van der Waals surface area contributed by atoms with Crippen molar-refractivity contribution in [3.8, 4) is 17.1 Å². The van der Waals surface area contributed by atoms with Crippen molar-refractivity contribution in [1.82, 2.24) is 9.55 Å². The maximum absolute atomic E-state index is 13.1. The second-order valence-electron chi connectivity index (χ2n) is 7.47. The van der Waals surface area contributed by atoms with E-state index in [4.69, 9.17) is 14.8 Å². The SMILES string of the molecule is C/C=C\COc1ccc2nc3c(c(CC)c2c1)Cn1c-3cc(C)c(COC(=O)O)c1=O.CC.CC. The Morgan fingerprint density at radius 3 is 2.51 bits per heavy atom. The summed E-state index contributed by atoms with van der Waals surface area (Å²) >= 11 is 0. The van der Waals surface area contributed by atoms with Crippen LogP contribution in [0.5, 0.6) is 5.75 Å². The van der Waals surface area contributed by atoms with Crippen molar-refractivity contribution in [3.63, 3.8) is 0 Å². The number of fused-ring (bicyclic) bond motifs is 4. The van der Waals surface area contributed by atoms with E-state index in [2.05, 4.69) is 11.7 Å². The molecule has 0 amide bonds. The van der Waals surface area contributed by atoms with E-state index in [0.29, 0.717) is 24.3 Å². The molecule has 1 N–H and O–H groups in total. The number of allylic oxidation sites excluding steroid dienone is 1. The van der Waals surface area contributed by atoms with Crippen molar-refractivity contribution in [1.29, 1.82) is 0 Å². The van der Waals surface area contributed by atoms with Gasteiger partial charge in [0, 0.05) is 10.9 Å². The van der Waals surface area contributed by atoms with Crippen LogP contribution in [0.1, 0.15) is 63.8 Å².